The third-order valence-electron chi connectivity index (χ3n) is 3.17. The minimum absolute atomic E-state index is 0.266. The van der Waals surface area contributed by atoms with Gasteiger partial charge in [0.1, 0.15) is 0 Å². The predicted molar refractivity (Wildman–Crippen MR) is 80.3 cm³/mol. The topological polar surface area (TPSA) is 102 Å². The molecule has 0 bridgehead atoms. The number of fused-ring (bicyclic) bond motifs is 1. The number of amides is 1. The van der Waals surface area contributed by atoms with Gasteiger partial charge >= 0.3 is 16.3 Å². The lowest BCUT2D eigenvalue weighted by atomic mass is 10.1. The van der Waals surface area contributed by atoms with Gasteiger partial charge in [-0.1, -0.05) is 6.07 Å². The van der Waals surface area contributed by atoms with Gasteiger partial charge in [-0.2, -0.15) is 8.42 Å². The van der Waals surface area contributed by atoms with Crippen LogP contribution in [0, 0.1) is 6.92 Å². The molecule has 0 spiro atoms. The van der Waals surface area contributed by atoms with E-state index in [2.05, 4.69) is 0 Å². The smallest absolute Gasteiger partial charge is 0.422 e. The van der Waals surface area contributed by atoms with Crippen LogP contribution in [0.5, 0.6) is 0 Å². The first kappa shape index (κ1) is 15.4. The minimum Gasteiger partial charge on any atom is -0.446 e. The number of ether oxygens (including phenoxy) is 1. The molecule has 21 heavy (non-hydrogen) atoms. The molecule has 0 aromatic heterocycles. The van der Waals surface area contributed by atoms with Gasteiger partial charge in [-0.25, -0.2) is 9.52 Å². The summed E-state index contributed by atoms with van der Waals surface area (Å²) >= 11 is 0. The Morgan fingerprint density at radius 1 is 1.43 bits per heavy atom. The maximum absolute atomic E-state index is 12.3. The highest BCUT2D eigenvalue weighted by Gasteiger charge is 2.31. The lowest BCUT2D eigenvalue weighted by molar-refractivity contribution is 0.121. The van der Waals surface area contributed by atoms with Crippen LogP contribution in [0.1, 0.15) is 25.0 Å². The fourth-order valence-electron chi connectivity index (χ4n) is 2.20. The third-order valence-corrected chi connectivity index (χ3v) is 4.55. The second-order valence-corrected chi connectivity index (χ2v) is 6.82. The van der Waals surface area contributed by atoms with Crippen molar-refractivity contribution in [3.8, 4) is 0 Å². The van der Waals surface area contributed by atoms with Crippen LogP contribution in [0.15, 0.2) is 12.1 Å². The van der Waals surface area contributed by atoms with Crippen molar-refractivity contribution >= 4 is 27.7 Å². The maximum Gasteiger partial charge on any atom is 0.422 e. The Morgan fingerprint density at radius 3 is 2.71 bits per heavy atom. The molecule has 1 aromatic carbocycles. The van der Waals surface area contributed by atoms with Crippen molar-refractivity contribution in [1.82, 2.24) is 4.72 Å². The van der Waals surface area contributed by atoms with Gasteiger partial charge in [0.2, 0.25) is 0 Å². The van der Waals surface area contributed by atoms with E-state index in [4.69, 9.17) is 10.5 Å². The molecule has 8 heteroatoms. The summed E-state index contributed by atoms with van der Waals surface area (Å²) in [7, 11) is -3.99. The average molecular weight is 313 g/mol. The van der Waals surface area contributed by atoms with Crippen LogP contribution in [0.25, 0.3) is 0 Å². The molecule has 7 nitrogen and oxygen atoms in total. The molecule has 1 heterocycles. The summed E-state index contributed by atoms with van der Waals surface area (Å²) in [5, 5.41) is 0. The summed E-state index contributed by atoms with van der Waals surface area (Å²) < 4.78 is 32.3. The Bertz CT molecular complexity index is 670. The van der Waals surface area contributed by atoms with Crippen LogP contribution in [0.3, 0.4) is 0 Å². The molecule has 1 aliphatic heterocycles. The Morgan fingerprint density at radius 2 is 2.10 bits per heavy atom. The molecule has 3 N–H and O–H groups in total. The number of nitrogens with two attached hydrogens (primary N) is 1. The van der Waals surface area contributed by atoms with E-state index in [-0.39, 0.29) is 6.54 Å². The number of carbonyl (C=O) groups excluding carboxylic acids is 1. The number of carbonyl (C=O) groups is 1. The highest BCUT2D eigenvalue weighted by Crippen LogP contribution is 2.33. The lowest BCUT2D eigenvalue weighted by Crippen LogP contribution is -2.43. The summed E-state index contributed by atoms with van der Waals surface area (Å²) in [4.78, 5) is 11.5. The van der Waals surface area contributed by atoms with Crippen molar-refractivity contribution in [3.63, 3.8) is 0 Å². The number of rotatable bonds is 3. The van der Waals surface area contributed by atoms with E-state index in [1.54, 1.807) is 19.9 Å². The Balaban J connectivity index is 2.25. The predicted octanol–water partition coefficient (Wildman–Crippen LogP) is 1.32. The number of nitrogens with one attached hydrogen (secondary N) is 1. The zero-order valence-electron chi connectivity index (χ0n) is 12.2. The molecule has 0 aliphatic carbocycles. The Labute approximate surface area is 124 Å². The van der Waals surface area contributed by atoms with E-state index >= 15 is 0 Å². The van der Waals surface area contributed by atoms with E-state index in [1.165, 1.54) is 0 Å². The largest absolute Gasteiger partial charge is 0.446 e. The first-order chi connectivity index (χ1) is 9.70. The molecule has 116 valence electrons. The number of anilines is 2. The van der Waals surface area contributed by atoms with E-state index in [0.29, 0.717) is 17.8 Å². The van der Waals surface area contributed by atoms with Gasteiger partial charge < -0.3 is 10.5 Å². The maximum atomic E-state index is 12.3. The summed E-state index contributed by atoms with van der Waals surface area (Å²) in [6, 6.07) is 3.48. The molecule has 0 fully saturated rings. The van der Waals surface area contributed by atoms with Gasteiger partial charge in [0, 0.05) is 12.2 Å². The van der Waals surface area contributed by atoms with E-state index in [0.717, 1.165) is 15.4 Å². The van der Waals surface area contributed by atoms with Crippen LogP contribution in [0.2, 0.25) is 0 Å². The molecule has 0 radical (unpaired) electrons. The van der Waals surface area contributed by atoms with Gasteiger partial charge in [-0.3, -0.25) is 4.31 Å². The van der Waals surface area contributed by atoms with Crippen molar-refractivity contribution < 1.29 is 17.9 Å². The van der Waals surface area contributed by atoms with Gasteiger partial charge in [-0.15, -0.1) is 0 Å². The second-order valence-electron chi connectivity index (χ2n) is 5.22. The standard InChI is InChI=1S/C13H19N3O4S/c1-8(2)20-13(17)15-21(18,19)16-5-4-10-6-9(3)11(14)7-12(10)16/h6-8H,4-5,14H2,1-3H3,(H,15,17). The average Bonchev–Trinajstić information content (AvgIpc) is 2.71. The lowest BCUT2D eigenvalue weighted by Gasteiger charge is -2.20. The van der Waals surface area contributed by atoms with E-state index < -0.39 is 22.4 Å². The number of benzene rings is 1. The van der Waals surface area contributed by atoms with Crippen LogP contribution in [-0.2, 0) is 21.4 Å². The number of nitrogens with zero attached hydrogens (tertiary/aromatic N) is 1. The first-order valence-corrected chi connectivity index (χ1v) is 8.05. The quantitative estimate of drug-likeness (QED) is 0.819. The monoisotopic (exact) mass is 313 g/mol. The van der Waals surface area contributed by atoms with Crippen molar-refractivity contribution in [2.75, 3.05) is 16.6 Å². The summed E-state index contributed by atoms with van der Waals surface area (Å²) in [5.41, 5.74) is 8.64. The third kappa shape index (κ3) is 3.21. The highest BCUT2D eigenvalue weighted by molar-refractivity contribution is 7.91. The molecule has 0 saturated carbocycles. The van der Waals surface area contributed by atoms with Crippen molar-refractivity contribution in [2.45, 2.75) is 33.3 Å². The molecule has 1 aliphatic rings. The van der Waals surface area contributed by atoms with Crippen molar-refractivity contribution in [3.05, 3.63) is 23.3 Å². The van der Waals surface area contributed by atoms with Crippen LogP contribution in [-0.4, -0.2) is 27.2 Å². The van der Waals surface area contributed by atoms with E-state index in [9.17, 15) is 13.2 Å². The van der Waals surface area contributed by atoms with Gasteiger partial charge in [0.05, 0.1) is 11.8 Å². The first-order valence-electron chi connectivity index (χ1n) is 6.61. The number of nitrogen functional groups attached to an aromatic ring is 1. The van der Waals surface area contributed by atoms with Crippen molar-refractivity contribution in [1.29, 1.82) is 0 Å². The van der Waals surface area contributed by atoms with Crippen LogP contribution >= 0.6 is 0 Å². The van der Waals surface area contributed by atoms with Gasteiger partial charge in [-0.05, 0) is 44.4 Å². The highest BCUT2D eigenvalue weighted by atomic mass is 32.2. The normalized spacial score (nSPS) is 14.2. The molecular weight excluding hydrogens is 294 g/mol. The number of hydrogen-bond acceptors (Lipinski definition) is 5. The SMILES string of the molecule is Cc1cc2c(cc1N)N(S(=O)(=O)NC(=O)OC(C)C)CC2. The summed E-state index contributed by atoms with van der Waals surface area (Å²) in [5.74, 6) is 0. The van der Waals surface area contributed by atoms with Crippen LogP contribution < -0.4 is 14.8 Å². The number of hydrogen-bond donors (Lipinski definition) is 2. The zero-order valence-corrected chi connectivity index (χ0v) is 13.0. The fraction of sp³-hybridized carbons (Fsp3) is 0.462. The van der Waals surface area contributed by atoms with Crippen LogP contribution in [0.4, 0.5) is 16.2 Å². The molecule has 0 saturated heterocycles. The second kappa shape index (κ2) is 5.44. The summed E-state index contributed by atoms with van der Waals surface area (Å²) in [6.45, 7) is 5.41. The Kier molecular flexibility index (Phi) is 3.99. The minimum atomic E-state index is -3.99. The molecule has 0 atom stereocenters. The van der Waals surface area contributed by atoms with E-state index in [1.807, 2.05) is 17.7 Å². The molecule has 0 unspecified atom stereocenters. The Hall–Kier alpha value is -1.96. The summed E-state index contributed by atoms with van der Waals surface area (Å²) in [6.07, 6.45) is -0.806. The van der Waals surface area contributed by atoms with Crippen molar-refractivity contribution in [2.24, 2.45) is 0 Å². The van der Waals surface area contributed by atoms with Gasteiger partial charge in [0.25, 0.3) is 0 Å². The van der Waals surface area contributed by atoms with Gasteiger partial charge in [0.15, 0.2) is 0 Å². The molecular formula is C13H19N3O4S. The molecule has 1 amide bonds. The zero-order chi connectivity index (χ0) is 15.8. The molecule has 1 aromatic rings. The molecule has 2 rings (SSSR count). The fourth-order valence-corrected chi connectivity index (χ4v) is 3.32. The number of aryl methyl sites for hydroxylation is 1.